The average molecular weight is 347 g/mol. The van der Waals surface area contributed by atoms with Crippen LogP contribution in [-0.2, 0) is 12.2 Å². The molecule has 0 aliphatic carbocycles. The van der Waals surface area contributed by atoms with Crippen molar-refractivity contribution in [3.8, 4) is 0 Å². The number of hydrogen-bond donors (Lipinski definition) is 1. The molecule has 0 atom stereocenters. The molecule has 126 valence electrons. The molecule has 0 spiro atoms. The van der Waals surface area contributed by atoms with Crippen molar-refractivity contribution in [1.82, 2.24) is 5.32 Å². The lowest BCUT2D eigenvalue weighted by molar-refractivity contribution is 0.0954. The summed E-state index contributed by atoms with van der Waals surface area (Å²) < 4.78 is 0. The zero-order valence-corrected chi connectivity index (χ0v) is 14.8. The van der Waals surface area contributed by atoms with Gasteiger partial charge in [0.15, 0.2) is 0 Å². The molecule has 0 saturated carbocycles. The predicted molar refractivity (Wildman–Crippen MR) is 105 cm³/mol. The molecule has 0 unspecified atom stereocenters. The second kappa shape index (κ2) is 9.09. The Morgan fingerprint density at radius 1 is 0.760 bits per heavy atom. The Labute approximate surface area is 153 Å². The summed E-state index contributed by atoms with van der Waals surface area (Å²) in [6.07, 6.45) is 0.846. The standard InChI is InChI=1S/C22H21NOS/c24-22(23-16-15-18-7-3-1-4-8-18)20-13-11-19(12-14-20)17-25-21-9-5-2-6-10-21/h1-14H,15-17H2,(H,23,24). The van der Waals surface area contributed by atoms with Crippen molar-refractivity contribution >= 4 is 17.7 Å². The van der Waals surface area contributed by atoms with E-state index in [1.807, 2.05) is 60.7 Å². The van der Waals surface area contributed by atoms with Gasteiger partial charge in [0.1, 0.15) is 0 Å². The lowest BCUT2D eigenvalue weighted by atomic mass is 10.1. The molecule has 3 aromatic carbocycles. The van der Waals surface area contributed by atoms with Crippen molar-refractivity contribution in [3.63, 3.8) is 0 Å². The van der Waals surface area contributed by atoms with E-state index < -0.39 is 0 Å². The van der Waals surface area contributed by atoms with Crippen LogP contribution in [0.5, 0.6) is 0 Å². The van der Waals surface area contributed by atoms with E-state index in [1.54, 1.807) is 11.8 Å². The molecule has 0 saturated heterocycles. The third-order valence-electron chi connectivity index (χ3n) is 3.91. The summed E-state index contributed by atoms with van der Waals surface area (Å²) in [5.74, 6) is 0.887. The molecular formula is C22H21NOS. The van der Waals surface area contributed by atoms with Crippen molar-refractivity contribution in [2.24, 2.45) is 0 Å². The van der Waals surface area contributed by atoms with Gasteiger partial charge in [-0.15, -0.1) is 11.8 Å². The Bertz CT molecular complexity index is 785. The molecule has 0 bridgehead atoms. The van der Waals surface area contributed by atoms with Gasteiger partial charge in [-0.2, -0.15) is 0 Å². The van der Waals surface area contributed by atoms with E-state index in [1.165, 1.54) is 16.0 Å². The van der Waals surface area contributed by atoms with Gasteiger partial charge in [-0.1, -0.05) is 60.7 Å². The molecule has 0 aliphatic heterocycles. The Morgan fingerprint density at radius 2 is 1.40 bits per heavy atom. The molecule has 2 nitrogen and oxygen atoms in total. The van der Waals surface area contributed by atoms with Crippen LogP contribution in [0.4, 0.5) is 0 Å². The normalized spacial score (nSPS) is 10.4. The van der Waals surface area contributed by atoms with E-state index in [2.05, 4.69) is 29.6 Å². The van der Waals surface area contributed by atoms with Gasteiger partial charge >= 0.3 is 0 Å². The lowest BCUT2D eigenvalue weighted by Gasteiger charge is -2.07. The first-order chi connectivity index (χ1) is 12.3. The monoisotopic (exact) mass is 347 g/mol. The zero-order valence-electron chi connectivity index (χ0n) is 14.0. The number of carbonyl (C=O) groups is 1. The van der Waals surface area contributed by atoms with Crippen molar-refractivity contribution in [3.05, 3.63) is 102 Å². The summed E-state index contributed by atoms with van der Waals surface area (Å²) in [4.78, 5) is 13.5. The fourth-order valence-corrected chi connectivity index (χ4v) is 3.38. The summed E-state index contributed by atoms with van der Waals surface area (Å²) in [5, 5.41) is 2.98. The van der Waals surface area contributed by atoms with Crippen LogP contribution in [0, 0.1) is 0 Å². The van der Waals surface area contributed by atoms with Crippen LogP contribution >= 0.6 is 11.8 Å². The van der Waals surface area contributed by atoms with E-state index >= 15 is 0 Å². The first-order valence-electron chi connectivity index (χ1n) is 8.40. The maximum absolute atomic E-state index is 12.2. The zero-order chi connectivity index (χ0) is 17.3. The highest BCUT2D eigenvalue weighted by molar-refractivity contribution is 7.98. The Balaban J connectivity index is 1.47. The van der Waals surface area contributed by atoms with Crippen molar-refractivity contribution in [1.29, 1.82) is 0 Å². The van der Waals surface area contributed by atoms with Gasteiger partial charge in [0.05, 0.1) is 0 Å². The number of benzene rings is 3. The lowest BCUT2D eigenvalue weighted by Crippen LogP contribution is -2.25. The van der Waals surface area contributed by atoms with E-state index in [-0.39, 0.29) is 5.91 Å². The minimum Gasteiger partial charge on any atom is -0.352 e. The van der Waals surface area contributed by atoms with E-state index in [4.69, 9.17) is 0 Å². The Kier molecular flexibility index (Phi) is 6.29. The fourth-order valence-electron chi connectivity index (χ4n) is 2.50. The minimum absolute atomic E-state index is 0.0156. The van der Waals surface area contributed by atoms with Crippen LogP contribution in [0.3, 0.4) is 0 Å². The molecule has 1 N–H and O–H groups in total. The van der Waals surface area contributed by atoms with Gasteiger partial charge in [-0.05, 0) is 41.8 Å². The number of rotatable bonds is 7. The number of carbonyl (C=O) groups excluding carboxylic acids is 1. The molecule has 0 fully saturated rings. The highest BCUT2D eigenvalue weighted by Gasteiger charge is 2.05. The fraction of sp³-hybridized carbons (Fsp3) is 0.136. The number of nitrogens with one attached hydrogen (secondary N) is 1. The van der Waals surface area contributed by atoms with Gasteiger partial charge in [-0.3, -0.25) is 4.79 Å². The molecule has 3 aromatic rings. The summed E-state index contributed by atoms with van der Waals surface area (Å²) in [5.41, 5.74) is 3.16. The van der Waals surface area contributed by atoms with Crippen molar-refractivity contribution in [2.45, 2.75) is 17.1 Å². The van der Waals surface area contributed by atoms with Crippen LogP contribution in [0.2, 0.25) is 0 Å². The van der Waals surface area contributed by atoms with E-state index in [9.17, 15) is 4.79 Å². The molecule has 0 aliphatic rings. The summed E-state index contributed by atoms with van der Waals surface area (Å²) in [6, 6.07) is 28.4. The van der Waals surface area contributed by atoms with Gasteiger partial charge in [0, 0.05) is 22.8 Å². The minimum atomic E-state index is -0.0156. The Morgan fingerprint density at radius 3 is 2.08 bits per heavy atom. The van der Waals surface area contributed by atoms with Gasteiger partial charge in [0.2, 0.25) is 0 Å². The van der Waals surface area contributed by atoms with E-state index in [0.717, 1.165) is 12.2 Å². The quantitative estimate of drug-likeness (QED) is 0.613. The van der Waals surface area contributed by atoms with Crippen LogP contribution in [-0.4, -0.2) is 12.5 Å². The van der Waals surface area contributed by atoms with Crippen LogP contribution in [0.1, 0.15) is 21.5 Å². The van der Waals surface area contributed by atoms with Crippen molar-refractivity contribution < 1.29 is 4.79 Å². The molecule has 0 radical (unpaired) electrons. The summed E-state index contributed by atoms with van der Waals surface area (Å²) in [6.45, 7) is 0.647. The van der Waals surface area contributed by atoms with Gasteiger partial charge in [0.25, 0.3) is 5.91 Å². The average Bonchev–Trinajstić information content (AvgIpc) is 2.68. The smallest absolute Gasteiger partial charge is 0.251 e. The number of amides is 1. The number of thioether (sulfide) groups is 1. The van der Waals surface area contributed by atoms with E-state index in [0.29, 0.717) is 12.1 Å². The second-order valence-electron chi connectivity index (χ2n) is 5.79. The van der Waals surface area contributed by atoms with Crippen LogP contribution < -0.4 is 5.32 Å². The van der Waals surface area contributed by atoms with Gasteiger partial charge in [-0.25, -0.2) is 0 Å². The van der Waals surface area contributed by atoms with Crippen LogP contribution in [0.15, 0.2) is 89.8 Å². The third kappa shape index (κ3) is 5.50. The van der Waals surface area contributed by atoms with Crippen LogP contribution in [0.25, 0.3) is 0 Å². The molecule has 3 heteroatoms. The topological polar surface area (TPSA) is 29.1 Å². The molecule has 1 amide bonds. The van der Waals surface area contributed by atoms with Crippen molar-refractivity contribution in [2.75, 3.05) is 6.54 Å². The maximum Gasteiger partial charge on any atom is 0.251 e. The maximum atomic E-state index is 12.2. The van der Waals surface area contributed by atoms with Gasteiger partial charge < -0.3 is 5.32 Å². The predicted octanol–water partition coefficient (Wildman–Crippen LogP) is 4.95. The largest absolute Gasteiger partial charge is 0.352 e. The second-order valence-corrected chi connectivity index (χ2v) is 6.84. The molecular weight excluding hydrogens is 326 g/mol. The third-order valence-corrected chi connectivity index (χ3v) is 4.99. The first-order valence-corrected chi connectivity index (χ1v) is 9.39. The highest BCUT2D eigenvalue weighted by atomic mass is 32.2. The number of hydrogen-bond acceptors (Lipinski definition) is 2. The molecule has 0 aromatic heterocycles. The highest BCUT2D eigenvalue weighted by Crippen LogP contribution is 2.22. The molecule has 0 heterocycles. The molecule has 3 rings (SSSR count). The Hall–Kier alpha value is -2.52. The first kappa shape index (κ1) is 17.3. The summed E-state index contributed by atoms with van der Waals surface area (Å²) >= 11 is 1.80. The SMILES string of the molecule is O=C(NCCc1ccccc1)c1ccc(CSc2ccccc2)cc1. The molecule has 25 heavy (non-hydrogen) atoms. The summed E-state index contributed by atoms with van der Waals surface area (Å²) in [7, 11) is 0.